The Morgan fingerprint density at radius 2 is 2.15 bits per heavy atom. The van der Waals surface area contributed by atoms with Gasteiger partial charge >= 0.3 is 5.97 Å². The number of pyridine rings is 1. The van der Waals surface area contributed by atoms with Gasteiger partial charge in [-0.1, -0.05) is 5.16 Å². The number of aromatic nitrogens is 2. The fourth-order valence-electron chi connectivity index (χ4n) is 4.38. The maximum Gasteiger partial charge on any atom is 0.352 e. The largest absolute Gasteiger partial charge is 0.503 e. The summed E-state index contributed by atoms with van der Waals surface area (Å²) in [5.41, 5.74) is 4.92. The number of thioether (sulfide) groups is 1. The van der Waals surface area contributed by atoms with Crippen LogP contribution in [0.3, 0.4) is 0 Å². The molecule has 6 N–H and O–H groups in total. The second-order valence-corrected chi connectivity index (χ2v) is 10.9. The molecule has 18 heteroatoms. The molecule has 3 aliphatic heterocycles. The van der Waals surface area contributed by atoms with Crippen LogP contribution in [0.4, 0.5) is 5.13 Å². The molecule has 40 heavy (non-hydrogen) atoms. The van der Waals surface area contributed by atoms with Crippen LogP contribution in [0.15, 0.2) is 38.9 Å². The van der Waals surface area contributed by atoms with Crippen molar-refractivity contribution in [1.29, 1.82) is 0 Å². The number of β-lactam (4-membered cyclic amide) rings is 1. The molecule has 2 fully saturated rings. The number of nitrogens with one attached hydrogen (secondary N) is 1. The molecular weight excluding hydrogens is 570 g/mol. The van der Waals surface area contributed by atoms with Crippen LogP contribution in [0, 0.1) is 0 Å². The van der Waals surface area contributed by atoms with E-state index in [1.165, 1.54) is 17.1 Å². The molecule has 0 spiro atoms. The average molecular weight is 594 g/mol. The quantitative estimate of drug-likeness (QED) is 0.109. The second kappa shape index (κ2) is 10.8. The number of carboxylic acid groups (broad SMARTS) is 1. The van der Waals surface area contributed by atoms with E-state index in [1.807, 2.05) is 0 Å². The van der Waals surface area contributed by atoms with Crippen molar-refractivity contribution < 1.29 is 39.5 Å². The summed E-state index contributed by atoms with van der Waals surface area (Å²) in [6.07, 6.45) is 0.904. The first-order chi connectivity index (χ1) is 19.0. The molecule has 212 valence electrons. The maximum atomic E-state index is 13.2. The molecule has 0 saturated carbocycles. The van der Waals surface area contributed by atoms with Gasteiger partial charge in [0.25, 0.3) is 11.8 Å². The highest BCUT2D eigenvalue weighted by molar-refractivity contribution is 8.00. The lowest BCUT2D eigenvalue weighted by molar-refractivity contribution is -0.151. The summed E-state index contributed by atoms with van der Waals surface area (Å²) >= 11 is 2.33. The predicted molar refractivity (Wildman–Crippen MR) is 139 cm³/mol. The lowest BCUT2D eigenvalue weighted by Crippen LogP contribution is -2.71. The molecule has 16 nitrogen and oxygen atoms in total. The molecule has 2 aromatic rings. The van der Waals surface area contributed by atoms with Gasteiger partial charge in [0.2, 0.25) is 5.43 Å². The monoisotopic (exact) mass is 593 g/mol. The Morgan fingerprint density at radius 1 is 1.38 bits per heavy atom. The van der Waals surface area contributed by atoms with Crippen molar-refractivity contribution in [3.05, 3.63) is 50.5 Å². The molecule has 2 unspecified atom stereocenters. The van der Waals surface area contributed by atoms with Crippen LogP contribution in [-0.4, -0.2) is 95.5 Å². The zero-order valence-electron chi connectivity index (χ0n) is 20.7. The van der Waals surface area contributed by atoms with E-state index in [-0.39, 0.29) is 27.9 Å². The Balaban J connectivity index is 1.34. The number of nitrogen functional groups attached to an aromatic ring is 1. The minimum absolute atomic E-state index is 0.0444. The van der Waals surface area contributed by atoms with Gasteiger partial charge < -0.3 is 31.3 Å². The van der Waals surface area contributed by atoms with Gasteiger partial charge in [0, 0.05) is 36.4 Å². The van der Waals surface area contributed by atoms with E-state index in [0.717, 1.165) is 28.5 Å². The topological polar surface area (TPSA) is 222 Å². The Kier molecular flexibility index (Phi) is 7.41. The number of aliphatic carboxylic acids is 1. The van der Waals surface area contributed by atoms with Gasteiger partial charge in [-0.3, -0.25) is 24.1 Å². The van der Waals surface area contributed by atoms with Crippen LogP contribution in [-0.2, 0) is 30.7 Å². The number of carbonyl (C=O) groups is 3. The summed E-state index contributed by atoms with van der Waals surface area (Å²) in [5, 5.41) is 38.0. The number of fused-ring (bicyclic) bond motifs is 1. The van der Waals surface area contributed by atoms with Gasteiger partial charge in [0.05, 0.1) is 6.20 Å². The van der Waals surface area contributed by atoms with Gasteiger partial charge in [-0.2, -0.15) is 9.79 Å². The molecule has 5 heterocycles. The zero-order valence-corrected chi connectivity index (χ0v) is 22.3. The third kappa shape index (κ3) is 5.08. The van der Waals surface area contributed by atoms with Gasteiger partial charge in [0.15, 0.2) is 23.2 Å². The predicted octanol–water partition coefficient (Wildman–Crippen LogP) is -0.875. The van der Waals surface area contributed by atoms with Crippen molar-refractivity contribution in [2.75, 3.05) is 25.1 Å². The van der Waals surface area contributed by atoms with Crippen LogP contribution in [0.5, 0.6) is 5.75 Å². The highest BCUT2D eigenvalue weighted by Crippen LogP contribution is 2.42. The van der Waals surface area contributed by atoms with Crippen molar-refractivity contribution >= 4 is 51.7 Å². The second-order valence-electron chi connectivity index (χ2n) is 8.92. The Labute approximate surface area is 233 Å². The molecule has 3 aliphatic rings. The molecule has 0 bridgehead atoms. The van der Waals surface area contributed by atoms with Crippen LogP contribution in [0.2, 0.25) is 0 Å². The number of rotatable bonds is 8. The molecule has 2 aromatic heterocycles. The van der Waals surface area contributed by atoms with Crippen molar-refractivity contribution in [3.8, 4) is 5.75 Å². The molecule has 2 saturated heterocycles. The number of oxime groups is 1. The van der Waals surface area contributed by atoms with E-state index in [9.17, 15) is 34.6 Å². The zero-order chi connectivity index (χ0) is 28.7. The van der Waals surface area contributed by atoms with Crippen LogP contribution < -0.4 is 16.5 Å². The van der Waals surface area contributed by atoms with Crippen molar-refractivity contribution in [1.82, 2.24) is 25.0 Å². The van der Waals surface area contributed by atoms with Crippen LogP contribution in [0.25, 0.3) is 0 Å². The molecular formula is C22H23N7O9S2. The van der Waals surface area contributed by atoms with E-state index < -0.39 is 53.1 Å². The van der Waals surface area contributed by atoms with Gasteiger partial charge in [0.1, 0.15) is 34.6 Å². The van der Waals surface area contributed by atoms with E-state index in [1.54, 1.807) is 12.1 Å². The van der Waals surface area contributed by atoms with Crippen LogP contribution in [0.1, 0.15) is 17.8 Å². The first-order valence-corrected chi connectivity index (χ1v) is 13.6. The summed E-state index contributed by atoms with van der Waals surface area (Å²) in [6, 6.07) is -0.134. The molecule has 3 atom stereocenters. The molecule has 0 aliphatic carbocycles. The highest BCUT2D eigenvalue weighted by atomic mass is 32.2. The van der Waals surface area contributed by atoms with Gasteiger partial charge in [-0.25, -0.2) is 9.78 Å². The number of anilines is 1. The number of hydrogen-bond donors (Lipinski definition) is 5. The number of thiazole rings is 1. The smallest absolute Gasteiger partial charge is 0.352 e. The summed E-state index contributed by atoms with van der Waals surface area (Å²) in [6.45, 7) is 0.154. The Hall–Kier alpha value is -4.13. The fraction of sp³-hybridized carbons (Fsp3) is 0.364. The lowest BCUT2D eigenvalue weighted by Gasteiger charge is -2.49. The Morgan fingerprint density at radius 3 is 2.80 bits per heavy atom. The highest BCUT2D eigenvalue weighted by Gasteiger charge is 2.55. The number of hydroxylamine groups is 2. The summed E-state index contributed by atoms with van der Waals surface area (Å²) < 4.78 is 0.463. The van der Waals surface area contributed by atoms with E-state index in [4.69, 9.17) is 15.4 Å². The standard InChI is InChI=1S/C22H23N7O9S2/c1-27-3-2-14(38-27)10-7-39-20-16(19(33)29(20)17(10)21(34)35)25-18(32)15(11-8-40-22(23)24-11)26-37-6-9-4-12(30)13(31)5-28(9)36/h4-5,8,14,16,20,31,36H,2-3,6-7H2,1H3,(H2,23,24)(H,25,32)(H,34,35)/b26-15-/t14-,16?,20?/m0/s1. The molecule has 0 radical (unpaired) electrons. The van der Waals surface area contributed by atoms with E-state index in [0.29, 0.717) is 29.0 Å². The van der Waals surface area contributed by atoms with Crippen molar-refractivity contribution in [3.63, 3.8) is 0 Å². The number of carbonyl (C=O) groups excluding carboxylic acids is 2. The number of hydrogen-bond acceptors (Lipinski definition) is 14. The minimum Gasteiger partial charge on any atom is -0.503 e. The summed E-state index contributed by atoms with van der Waals surface area (Å²) in [4.78, 5) is 66.2. The summed E-state index contributed by atoms with van der Waals surface area (Å²) in [5.74, 6) is -3.10. The minimum atomic E-state index is -1.26. The van der Waals surface area contributed by atoms with Gasteiger partial charge in [-0.05, 0) is 6.42 Å². The van der Waals surface area contributed by atoms with Crippen LogP contribution >= 0.6 is 23.1 Å². The third-order valence-electron chi connectivity index (χ3n) is 6.33. The SMILES string of the molecule is CN1CC[C@@H](C2=C(C(=O)O)N3C(=O)C(NC(=O)/C(=N\OCc4cc(=O)c(O)cn4O)c4csc(N)n4)C3SC2)O1. The maximum absolute atomic E-state index is 13.2. The lowest BCUT2D eigenvalue weighted by atomic mass is 9.99. The number of carboxylic acids is 1. The van der Waals surface area contributed by atoms with Gasteiger partial charge in [-0.15, -0.1) is 23.1 Å². The van der Waals surface area contributed by atoms with E-state index in [2.05, 4.69) is 15.5 Å². The van der Waals surface area contributed by atoms with Crippen molar-refractivity contribution in [2.45, 2.75) is 30.5 Å². The number of nitrogens with zero attached hydrogens (tertiary/aromatic N) is 5. The first kappa shape index (κ1) is 27.4. The Bertz CT molecular complexity index is 1500. The molecule has 0 aromatic carbocycles. The molecule has 5 rings (SSSR count). The third-order valence-corrected chi connectivity index (χ3v) is 8.30. The van der Waals surface area contributed by atoms with E-state index >= 15 is 0 Å². The van der Waals surface area contributed by atoms with Crippen molar-refractivity contribution in [2.24, 2.45) is 5.16 Å². The number of aromatic hydroxyl groups is 1. The number of nitrogens with two attached hydrogens (primary N) is 1. The summed E-state index contributed by atoms with van der Waals surface area (Å²) in [7, 11) is 1.74. The fourth-order valence-corrected chi connectivity index (χ4v) is 6.34. The average Bonchev–Trinajstić information content (AvgIpc) is 3.54. The molecule has 2 amide bonds. The normalized spacial score (nSPS) is 23.1. The number of amides is 2. The first-order valence-electron chi connectivity index (χ1n) is 11.7.